The normalized spacial score (nSPS) is 4.50. The lowest BCUT2D eigenvalue weighted by molar-refractivity contribution is 0.307. The Hall–Kier alpha value is 0.400. The highest BCUT2D eigenvalue weighted by Crippen LogP contribution is 1.04. The number of hydrogen-bond donors (Lipinski definition) is 2. The summed E-state index contributed by atoms with van der Waals surface area (Å²) in [5.41, 5.74) is 4.40. The molecule has 0 heterocycles. The summed E-state index contributed by atoms with van der Waals surface area (Å²) in [5.74, 6) is 0. The van der Waals surface area contributed by atoms with Gasteiger partial charge >= 0.3 is 0 Å². The van der Waals surface area contributed by atoms with E-state index < -0.39 is 0 Å². The third-order valence-corrected chi connectivity index (χ3v) is 0. The van der Waals surface area contributed by atoms with E-state index in [2.05, 4.69) is 5.73 Å². The van der Waals surface area contributed by atoms with Crippen LogP contribution in [0.15, 0.2) is 0 Å². The van der Waals surface area contributed by atoms with Crippen molar-refractivity contribution >= 4 is 17.0 Å². The van der Waals surface area contributed by atoms with Crippen LogP contribution in [0.5, 0.6) is 0 Å². The molecule has 4 heavy (non-hydrogen) atoms. The smallest absolute Gasteiger partial charge is 0.0906 e. The third kappa shape index (κ3) is 29.4. The van der Waals surface area contributed by atoms with Gasteiger partial charge in [-0.05, 0) is 0 Å². The van der Waals surface area contributed by atoms with Gasteiger partial charge in [0.05, 0.1) is 6.73 Å². The molecule has 0 amide bonds. The quantitative estimate of drug-likeness (QED) is 0.431. The molecule has 0 bridgehead atoms. The fourth-order valence-electron chi connectivity index (χ4n) is 0. The van der Waals surface area contributed by atoms with Crippen LogP contribution in [-0.2, 0) is 0 Å². The van der Waals surface area contributed by atoms with Crippen LogP contribution in [0.3, 0.4) is 0 Å². The zero-order valence-corrected chi connectivity index (χ0v) is 3.85. The van der Waals surface area contributed by atoms with Crippen LogP contribution in [0, 0.1) is 0 Å². The van der Waals surface area contributed by atoms with Crippen molar-refractivity contribution in [3.05, 3.63) is 0 Å². The van der Waals surface area contributed by atoms with Gasteiger partial charge in [0.1, 0.15) is 0 Å². The molecule has 0 aliphatic rings. The number of rotatable bonds is 0. The first-order valence-electron chi connectivity index (χ1n) is 0.724. The Morgan fingerprint density at radius 2 is 1.75 bits per heavy atom. The minimum atomic E-state index is -0.250. The minimum Gasteiger partial charge on any atom is -0.382 e. The van der Waals surface area contributed by atoms with Crippen LogP contribution >= 0.6 is 17.0 Å². The number of aliphatic hydroxyl groups excluding tert-OH is 1. The summed E-state index contributed by atoms with van der Waals surface area (Å²) in [6.45, 7) is -0.250. The fraction of sp³-hybridized carbons (Fsp3) is 1.00. The molecule has 0 fully saturated rings. The molecule has 2 nitrogen and oxygen atoms in total. The molecule has 0 aliphatic carbocycles. The highest BCUT2D eigenvalue weighted by atomic mass is 79.9. The maximum absolute atomic E-state index is 7.35. The van der Waals surface area contributed by atoms with Crippen molar-refractivity contribution in [2.24, 2.45) is 5.73 Å². The third-order valence-electron chi connectivity index (χ3n) is 0. The molecule has 0 aromatic rings. The number of nitrogens with two attached hydrogens (primary N) is 1. The Bertz CT molecular complexity index is 8.00. The first kappa shape index (κ1) is 8.83. The average Bonchev–Trinajstić information content (AvgIpc) is 0.918. The molecule has 3 heteroatoms. The Labute approximate surface area is 35.4 Å². The van der Waals surface area contributed by atoms with Gasteiger partial charge in [0.2, 0.25) is 0 Å². The highest BCUT2D eigenvalue weighted by molar-refractivity contribution is 8.93. The lowest BCUT2D eigenvalue weighted by Gasteiger charge is -1.56. The summed E-state index contributed by atoms with van der Waals surface area (Å²) < 4.78 is 0. The van der Waals surface area contributed by atoms with Gasteiger partial charge in [-0.3, -0.25) is 0 Å². The number of halogens is 1. The highest BCUT2D eigenvalue weighted by Gasteiger charge is 1.30. The van der Waals surface area contributed by atoms with Gasteiger partial charge in [0.25, 0.3) is 0 Å². The Morgan fingerprint density at radius 3 is 1.75 bits per heavy atom. The number of hydrogen-bond acceptors (Lipinski definition) is 2. The zero-order chi connectivity index (χ0) is 2.71. The first-order valence-corrected chi connectivity index (χ1v) is 0.724. The summed E-state index contributed by atoms with van der Waals surface area (Å²) in [4.78, 5) is 0. The van der Waals surface area contributed by atoms with Crippen molar-refractivity contribution in [2.75, 3.05) is 6.73 Å². The van der Waals surface area contributed by atoms with Crippen molar-refractivity contribution in [1.29, 1.82) is 0 Å². The molecule has 0 aliphatic heterocycles. The van der Waals surface area contributed by atoms with E-state index in [1.165, 1.54) is 0 Å². The Kier molecular flexibility index (Phi) is 22.1. The monoisotopic (exact) mass is 127 g/mol. The largest absolute Gasteiger partial charge is 0.382 e. The van der Waals surface area contributed by atoms with E-state index in [1.54, 1.807) is 0 Å². The maximum atomic E-state index is 7.35. The zero-order valence-electron chi connectivity index (χ0n) is 2.14. The lowest BCUT2D eigenvalue weighted by Crippen LogP contribution is -1.92. The summed E-state index contributed by atoms with van der Waals surface area (Å²) in [6, 6.07) is 0. The molecule has 0 rings (SSSR count). The van der Waals surface area contributed by atoms with Crippen molar-refractivity contribution < 1.29 is 5.11 Å². The van der Waals surface area contributed by atoms with Gasteiger partial charge in [-0.1, -0.05) is 0 Å². The molecule has 0 atom stereocenters. The topological polar surface area (TPSA) is 46.2 Å². The number of aliphatic hydroxyl groups is 1. The summed E-state index contributed by atoms with van der Waals surface area (Å²) in [6.07, 6.45) is 0. The van der Waals surface area contributed by atoms with E-state index in [0.717, 1.165) is 0 Å². The summed E-state index contributed by atoms with van der Waals surface area (Å²) in [5, 5.41) is 7.35. The SMILES string of the molecule is Br.NCO. The van der Waals surface area contributed by atoms with Crippen molar-refractivity contribution in [1.82, 2.24) is 0 Å². The Balaban J connectivity index is 0. The second-order valence-corrected chi connectivity index (χ2v) is 0.183. The molecule has 0 saturated heterocycles. The van der Waals surface area contributed by atoms with E-state index in [9.17, 15) is 0 Å². The first-order chi connectivity index (χ1) is 1.41. The van der Waals surface area contributed by atoms with E-state index in [4.69, 9.17) is 5.11 Å². The molecule has 0 aromatic heterocycles. The van der Waals surface area contributed by atoms with Crippen LogP contribution in [0.1, 0.15) is 0 Å². The summed E-state index contributed by atoms with van der Waals surface area (Å²) in [7, 11) is 0. The predicted octanol–water partition coefficient (Wildman–Crippen LogP) is -0.527. The molecule has 0 saturated carbocycles. The molecule has 0 radical (unpaired) electrons. The van der Waals surface area contributed by atoms with Crippen molar-refractivity contribution in [3.8, 4) is 0 Å². The lowest BCUT2D eigenvalue weighted by atomic mass is 11.4. The van der Waals surface area contributed by atoms with Gasteiger partial charge in [0.15, 0.2) is 0 Å². The van der Waals surface area contributed by atoms with E-state index in [0.29, 0.717) is 0 Å². The predicted molar refractivity (Wildman–Crippen MR) is 21.6 cm³/mol. The van der Waals surface area contributed by atoms with Crippen LogP contribution in [0.2, 0.25) is 0 Å². The summed E-state index contributed by atoms with van der Waals surface area (Å²) >= 11 is 0. The standard InChI is InChI=1S/CH5NO.BrH/c2-1-3;/h3H,1-2H2;1H. The minimum absolute atomic E-state index is 0. The second kappa shape index (κ2) is 9.99. The van der Waals surface area contributed by atoms with Gasteiger partial charge in [-0.25, -0.2) is 0 Å². The fourth-order valence-corrected chi connectivity index (χ4v) is 0. The van der Waals surface area contributed by atoms with Gasteiger partial charge in [-0.15, -0.1) is 17.0 Å². The molecule has 3 N–H and O–H groups in total. The van der Waals surface area contributed by atoms with Crippen LogP contribution < -0.4 is 5.73 Å². The molecule has 0 spiro atoms. The van der Waals surface area contributed by atoms with Gasteiger partial charge < -0.3 is 10.8 Å². The van der Waals surface area contributed by atoms with Crippen LogP contribution in [-0.4, -0.2) is 11.8 Å². The molecule has 28 valence electrons. The maximum Gasteiger partial charge on any atom is 0.0906 e. The average molecular weight is 128 g/mol. The molecule has 0 aromatic carbocycles. The Morgan fingerprint density at radius 1 is 1.75 bits per heavy atom. The van der Waals surface area contributed by atoms with E-state index in [-0.39, 0.29) is 23.7 Å². The molecular formula is CH6BrNO. The van der Waals surface area contributed by atoms with Crippen molar-refractivity contribution in [2.45, 2.75) is 0 Å². The molecular weight excluding hydrogens is 122 g/mol. The van der Waals surface area contributed by atoms with E-state index >= 15 is 0 Å². The second-order valence-electron chi connectivity index (χ2n) is 0.183. The van der Waals surface area contributed by atoms with Crippen molar-refractivity contribution in [3.63, 3.8) is 0 Å². The van der Waals surface area contributed by atoms with Crippen LogP contribution in [0.4, 0.5) is 0 Å². The van der Waals surface area contributed by atoms with Crippen LogP contribution in [0.25, 0.3) is 0 Å². The van der Waals surface area contributed by atoms with Gasteiger partial charge in [0, 0.05) is 0 Å². The van der Waals surface area contributed by atoms with E-state index in [1.807, 2.05) is 0 Å². The molecule has 0 unspecified atom stereocenters. The van der Waals surface area contributed by atoms with Gasteiger partial charge in [-0.2, -0.15) is 0 Å².